The fourth-order valence-corrected chi connectivity index (χ4v) is 4.50. The van der Waals surface area contributed by atoms with Gasteiger partial charge in [0.15, 0.2) is 0 Å². The highest BCUT2D eigenvalue weighted by Crippen LogP contribution is 2.34. The molecule has 0 saturated heterocycles. The van der Waals surface area contributed by atoms with Crippen LogP contribution in [-0.2, 0) is 11.2 Å². The van der Waals surface area contributed by atoms with Gasteiger partial charge in [-0.3, -0.25) is 4.79 Å². The van der Waals surface area contributed by atoms with Gasteiger partial charge in [-0.05, 0) is 49.4 Å². The molecule has 166 valence electrons. The van der Waals surface area contributed by atoms with Gasteiger partial charge in [-0.15, -0.1) is 17.9 Å². The van der Waals surface area contributed by atoms with Crippen LogP contribution >= 0.6 is 11.3 Å². The summed E-state index contributed by atoms with van der Waals surface area (Å²) in [6, 6.07) is 7.33. The third-order valence-corrected chi connectivity index (χ3v) is 5.99. The minimum absolute atomic E-state index is 0.0364. The molecule has 0 saturated carbocycles. The highest BCUT2D eigenvalue weighted by Gasteiger charge is 2.33. The Balaban J connectivity index is 1.76. The largest absolute Gasteiger partial charge is 0.491 e. The van der Waals surface area contributed by atoms with Gasteiger partial charge >= 0.3 is 6.03 Å². The van der Waals surface area contributed by atoms with E-state index in [1.165, 1.54) is 21.9 Å². The Hall–Kier alpha value is -2.87. The fraction of sp³-hybridized carbons (Fsp3) is 0.391. The summed E-state index contributed by atoms with van der Waals surface area (Å²) in [4.78, 5) is 30.1. The molecule has 1 aliphatic rings. The maximum atomic E-state index is 13.5. The van der Waals surface area contributed by atoms with Crippen LogP contribution in [-0.4, -0.2) is 54.0 Å². The third kappa shape index (κ3) is 5.85. The van der Waals surface area contributed by atoms with Crippen LogP contribution in [0.2, 0.25) is 0 Å². The minimum Gasteiger partial charge on any atom is -0.491 e. The van der Waals surface area contributed by atoms with Crippen LogP contribution in [0, 0.1) is 5.82 Å². The summed E-state index contributed by atoms with van der Waals surface area (Å²) in [5.74, 6) is -0.119. The number of amides is 3. The molecule has 1 N–H and O–H groups in total. The number of halogens is 1. The SMILES string of the molecule is C=CCN(CC(=O)N1CCc2sccc2[C@@H]1COc1cccc(F)c1)C(=O)NC(C)C. The standard InChI is InChI=1S/C23H28FN3O3S/c1-4-10-26(23(29)25-16(2)3)14-22(28)27-11-8-21-19(9-12-31-21)20(27)15-30-18-7-5-6-17(24)13-18/h4-7,9,12-13,16,20H,1,8,10-11,14-15H2,2-3H3,(H,25,29)/t20-/m0/s1. The molecule has 0 spiro atoms. The van der Waals surface area contributed by atoms with Crippen molar-refractivity contribution in [3.63, 3.8) is 0 Å². The minimum atomic E-state index is -0.374. The predicted octanol–water partition coefficient (Wildman–Crippen LogP) is 4.00. The molecule has 0 unspecified atom stereocenters. The zero-order valence-corrected chi connectivity index (χ0v) is 18.7. The first-order valence-electron chi connectivity index (χ1n) is 10.3. The van der Waals surface area contributed by atoms with E-state index in [2.05, 4.69) is 11.9 Å². The molecule has 0 bridgehead atoms. The summed E-state index contributed by atoms with van der Waals surface area (Å²) < 4.78 is 19.4. The molecule has 0 aliphatic carbocycles. The molecule has 6 nitrogen and oxygen atoms in total. The smallest absolute Gasteiger partial charge is 0.318 e. The number of benzene rings is 1. The Morgan fingerprint density at radius 3 is 2.94 bits per heavy atom. The predicted molar refractivity (Wildman–Crippen MR) is 120 cm³/mol. The average Bonchev–Trinajstić information content (AvgIpc) is 3.20. The second-order valence-corrected chi connectivity index (χ2v) is 8.69. The number of nitrogens with zero attached hydrogens (tertiary/aromatic N) is 2. The van der Waals surface area contributed by atoms with E-state index in [0.717, 1.165) is 12.0 Å². The van der Waals surface area contributed by atoms with Gasteiger partial charge in [0.25, 0.3) is 0 Å². The van der Waals surface area contributed by atoms with Crippen molar-refractivity contribution >= 4 is 23.3 Å². The fourth-order valence-electron chi connectivity index (χ4n) is 3.57. The first kappa shape index (κ1) is 22.8. The zero-order valence-electron chi connectivity index (χ0n) is 17.8. The number of hydrogen-bond acceptors (Lipinski definition) is 4. The number of hydrogen-bond donors (Lipinski definition) is 1. The van der Waals surface area contributed by atoms with Gasteiger partial charge < -0.3 is 19.9 Å². The lowest BCUT2D eigenvalue weighted by atomic mass is 10.0. The van der Waals surface area contributed by atoms with Crippen LogP contribution in [0.4, 0.5) is 9.18 Å². The van der Waals surface area contributed by atoms with Gasteiger partial charge in [0.05, 0.1) is 6.04 Å². The Morgan fingerprint density at radius 1 is 1.42 bits per heavy atom. The van der Waals surface area contributed by atoms with Crippen molar-refractivity contribution < 1.29 is 18.7 Å². The van der Waals surface area contributed by atoms with Crippen molar-refractivity contribution in [2.75, 3.05) is 26.2 Å². The van der Waals surface area contributed by atoms with E-state index in [1.807, 2.05) is 25.3 Å². The van der Waals surface area contributed by atoms with Crippen LogP contribution < -0.4 is 10.1 Å². The quantitative estimate of drug-likeness (QED) is 0.625. The molecule has 31 heavy (non-hydrogen) atoms. The van der Waals surface area contributed by atoms with Crippen molar-refractivity contribution in [2.45, 2.75) is 32.4 Å². The van der Waals surface area contributed by atoms with Crippen molar-refractivity contribution in [3.05, 3.63) is 64.6 Å². The second kappa shape index (κ2) is 10.4. The summed E-state index contributed by atoms with van der Waals surface area (Å²) in [6.45, 7) is 8.39. The number of carbonyl (C=O) groups excluding carboxylic acids is 2. The number of fused-ring (bicyclic) bond motifs is 1. The summed E-state index contributed by atoms with van der Waals surface area (Å²) >= 11 is 1.66. The Labute approximate surface area is 186 Å². The topological polar surface area (TPSA) is 61.9 Å². The van der Waals surface area contributed by atoms with Gasteiger partial charge in [-0.2, -0.15) is 0 Å². The summed E-state index contributed by atoms with van der Waals surface area (Å²) in [7, 11) is 0. The first-order valence-corrected chi connectivity index (χ1v) is 11.2. The Kier molecular flexibility index (Phi) is 7.68. The van der Waals surface area contributed by atoms with Gasteiger partial charge in [0, 0.05) is 30.1 Å². The van der Waals surface area contributed by atoms with Crippen LogP contribution in [0.25, 0.3) is 0 Å². The molecule has 3 rings (SSSR count). The number of ether oxygens (including phenoxy) is 1. The summed E-state index contributed by atoms with van der Waals surface area (Å²) in [5.41, 5.74) is 1.04. The molecule has 0 radical (unpaired) electrons. The summed E-state index contributed by atoms with van der Waals surface area (Å²) in [5, 5.41) is 4.83. The number of urea groups is 1. The molecule has 1 atom stereocenters. The average molecular weight is 446 g/mol. The van der Waals surface area contributed by atoms with Crippen molar-refractivity contribution in [3.8, 4) is 5.75 Å². The maximum absolute atomic E-state index is 13.5. The van der Waals surface area contributed by atoms with E-state index >= 15 is 0 Å². The molecule has 2 heterocycles. The van der Waals surface area contributed by atoms with E-state index in [9.17, 15) is 14.0 Å². The van der Waals surface area contributed by atoms with E-state index in [0.29, 0.717) is 12.3 Å². The van der Waals surface area contributed by atoms with E-state index in [1.54, 1.807) is 34.4 Å². The molecular formula is C23H28FN3O3S. The molecule has 1 aromatic heterocycles. The highest BCUT2D eigenvalue weighted by atomic mass is 32.1. The van der Waals surface area contributed by atoms with E-state index in [-0.39, 0.29) is 49.5 Å². The molecule has 1 aliphatic heterocycles. The number of rotatable bonds is 8. The third-order valence-electron chi connectivity index (χ3n) is 4.99. The Morgan fingerprint density at radius 2 is 2.23 bits per heavy atom. The van der Waals surface area contributed by atoms with Gasteiger partial charge in [0.1, 0.15) is 24.7 Å². The molecular weight excluding hydrogens is 417 g/mol. The maximum Gasteiger partial charge on any atom is 0.318 e. The first-order chi connectivity index (χ1) is 14.9. The Bertz CT molecular complexity index is 930. The van der Waals surface area contributed by atoms with Gasteiger partial charge in [-0.25, -0.2) is 9.18 Å². The molecule has 1 aromatic carbocycles. The van der Waals surface area contributed by atoms with E-state index in [4.69, 9.17) is 4.74 Å². The molecule has 3 amide bonds. The normalized spacial score (nSPS) is 15.4. The van der Waals surface area contributed by atoms with Crippen molar-refractivity contribution in [2.24, 2.45) is 0 Å². The van der Waals surface area contributed by atoms with Gasteiger partial charge in [-0.1, -0.05) is 12.1 Å². The van der Waals surface area contributed by atoms with Crippen LogP contribution in [0.3, 0.4) is 0 Å². The van der Waals surface area contributed by atoms with Crippen molar-refractivity contribution in [1.82, 2.24) is 15.1 Å². The molecule has 8 heteroatoms. The molecule has 0 fully saturated rings. The zero-order chi connectivity index (χ0) is 22.4. The van der Waals surface area contributed by atoms with Crippen molar-refractivity contribution in [1.29, 1.82) is 0 Å². The lowest BCUT2D eigenvalue weighted by Crippen LogP contribution is -2.50. The van der Waals surface area contributed by atoms with E-state index < -0.39 is 0 Å². The lowest BCUT2D eigenvalue weighted by molar-refractivity contribution is -0.135. The van der Waals surface area contributed by atoms with Crippen LogP contribution in [0.15, 0.2) is 48.4 Å². The lowest BCUT2D eigenvalue weighted by Gasteiger charge is -2.37. The molecule has 2 aromatic rings. The van der Waals surface area contributed by atoms with Crippen LogP contribution in [0.1, 0.15) is 30.3 Å². The second-order valence-electron chi connectivity index (χ2n) is 7.69. The number of nitrogens with one attached hydrogen (secondary N) is 1. The summed E-state index contributed by atoms with van der Waals surface area (Å²) in [6.07, 6.45) is 2.36. The number of thiophene rings is 1. The monoisotopic (exact) mass is 445 g/mol. The van der Waals surface area contributed by atoms with Gasteiger partial charge in [0.2, 0.25) is 5.91 Å². The van der Waals surface area contributed by atoms with Crippen LogP contribution in [0.5, 0.6) is 5.75 Å². The highest BCUT2D eigenvalue weighted by molar-refractivity contribution is 7.10. The number of carbonyl (C=O) groups is 2.